The molecule has 0 spiro atoms. The Morgan fingerprint density at radius 2 is 1.21 bits per heavy atom. The molecule has 2 heterocycles. The summed E-state index contributed by atoms with van der Waals surface area (Å²) in [5, 5.41) is 23.3. The summed E-state index contributed by atoms with van der Waals surface area (Å²) in [5.41, 5.74) is 3.83. The number of nitrogens with zero attached hydrogens (tertiary/aromatic N) is 2. The van der Waals surface area contributed by atoms with E-state index in [0.717, 1.165) is 35.7 Å². The number of hydrogen-bond donors (Lipinski definition) is 0. The minimum Gasteiger partial charge on any atom is -0.696 e. The Morgan fingerprint density at radius 3 is 1.57 bits per heavy atom. The minimum atomic E-state index is -0.187. The molecular formula is C32H26BrN2NaO2S4. The number of thioether (sulfide) groups is 1. The van der Waals surface area contributed by atoms with Crippen LogP contribution in [0.25, 0.3) is 20.9 Å². The van der Waals surface area contributed by atoms with Crippen LogP contribution in [0.15, 0.2) is 83.6 Å². The molecule has 4 nitrogen and oxygen atoms in total. The van der Waals surface area contributed by atoms with E-state index in [-0.39, 0.29) is 51.2 Å². The van der Waals surface area contributed by atoms with Crippen LogP contribution in [0.2, 0.25) is 0 Å². The summed E-state index contributed by atoms with van der Waals surface area (Å²) >= 11 is 11.7. The standard InChI is InChI=1S/C16H13NOS2.C15H13BrOS.CHNS.Na/c17-10-20-16(13-7-8-13)15(18)12-5-3-11(4-6-12)14-2-1-9-19-14;16-14(11-5-6-11)15(17)12-7-3-10(4-8-12)13-2-1-9-18-13;2-1-3;/h1-6,9,13,16H,7-8H2;1-4,7-9,11,14H,5-6H2;3H;/q;;;+1/p-1. The third-order valence-electron chi connectivity index (χ3n) is 6.72. The fourth-order valence-electron chi connectivity index (χ4n) is 4.23. The molecule has 0 radical (unpaired) electrons. The van der Waals surface area contributed by atoms with Gasteiger partial charge in [0.1, 0.15) is 5.40 Å². The maximum Gasteiger partial charge on any atom is 1.00 e. The average molecular weight is 702 g/mol. The summed E-state index contributed by atoms with van der Waals surface area (Å²) in [6, 6.07) is 23.9. The molecule has 10 heteroatoms. The molecule has 0 N–H and O–H groups in total. The largest absolute Gasteiger partial charge is 1.00 e. The molecule has 42 heavy (non-hydrogen) atoms. The Hall–Kier alpha value is -1.79. The fraction of sp³-hybridized carbons (Fsp3) is 0.250. The van der Waals surface area contributed by atoms with Gasteiger partial charge in [-0.15, -0.1) is 22.7 Å². The quantitative estimate of drug-likeness (QED) is 0.0663. The number of hydrogen-bond acceptors (Lipinski definition) is 8. The molecule has 6 rings (SSSR count). The number of benzene rings is 2. The van der Waals surface area contributed by atoms with Crippen LogP contribution in [0, 0.1) is 33.2 Å². The van der Waals surface area contributed by atoms with Crippen molar-refractivity contribution in [1.29, 1.82) is 10.5 Å². The van der Waals surface area contributed by atoms with Gasteiger partial charge in [-0.05, 0) is 83.3 Å². The van der Waals surface area contributed by atoms with Gasteiger partial charge in [0.15, 0.2) is 11.6 Å². The van der Waals surface area contributed by atoms with Gasteiger partial charge in [-0.2, -0.15) is 5.26 Å². The zero-order valence-corrected chi connectivity index (χ0v) is 29.8. The molecule has 0 bridgehead atoms. The number of thiocyanates is 2. The predicted molar refractivity (Wildman–Crippen MR) is 176 cm³/mol. The molecule has 208 valence electrons. The summed E-state index contributed by atoms with van der Waals surface area (Å²) in [4.78, 5) is 27.1. The first-order valence-corrected chi connectivity index (χ1v) is 17.0. The van der Waals surface area contributed by atoms with Gasteiger partial charge in [-0.3, -0.25) is 9.59 Å². The van der Waals surface area contributed by atoms with Crippen molar-refractivity contribution in [2.45, 2.75) is 35.8 Å². The fourth-order valence-corrected chi connectivity index (χ4v) is 7.31. The molecule has 0 saturated heterocycles. The van der Waals surface area contributed by atoms with Crippen molar-refractivity contribution in [1.82, 2.24) is 0 Å². The number of Topliss-reactive ketones (excluding diaryl/α,β-unsaturated/α-hetero) is 2. The maximum absolute atomic E-state index is 12.4. The third-order valence-corrected chi connectivity index (χ3v) is 10.7. The van der Waals surface area contributed by atoms with Gasteiger partial charge in [0.05, 0.1) is 10.1 Å². The second-order valence-electron chi connectivity index (χ2n) is 9.64. The van der Waals surface area contributed by atoms with E-state index in [4.69, 9.17) is 10.5 Å². The number of rotatable bonds is 9. The average Bonchev–Trinajstić information content (AvgIpc) is 3.92. The summed E-state index contributed by atoms with van der Waals surface area (Å²) < 4.78 is 0. The Labute approximate surface area is 295 Å². The second-order valence-corrected chi connectivity index (χ2v) is 13.6. The number of alkyl halides is 1. The van der Waals surface area contributed by atoms with Crippen molar-refractivity contribution < 1.29 is 39.1 Å². The van der Waals surface area contributed by atoms with E-state index in [1.165, 1.54) is 33.6 Å². The molecule has 2 unspecified atom stereocenters. The van der Waals surface area contributed by atoms with Crippen molar-refractivity contribution >= 4 is 74.6 Å². The van der Waals surface area contributed by atoms with E-state index in [1.54, 1.807) is 22.7 Å². The van der Waals surface area contributed by atoms with Gasteiger partial charge >= 0.3 is 29.6 Å². The molecular weight excluding hydrogens is 676 g/mol. The van der Waals surface area contributed by atoms with Crippen LogP contribution in [0.1, 0.15) is 46.4 Å². The number of carbonyl (C=O) groups is 2. The Bertz CT molecular complexity index is 1500. The van der Waals surface area contributed by atoms with Gasteiger partial charge in [0.2, 0.25) is 0 Å². The first-order chi connectivity index (χ1) is 20.0. The number of ketones is 2. The van der Waals surface area contributed by atoms with Crippen molar-refractivity contribution in [2.24, 2.45) is 11.8 Å². The van der Waals surface area contributed by atoms with E-state index in [1.807, 2.05) is 66.0 Å². The van der Waals surface area contributed by atoms with Crippen LogP contribution >= 0.6 is 50.4 Å². The molecule has 2 aromatic carbocycles. The van der Waals surface area contributed by atoms with Crippen LogP contribution in [0.4, 0.5) is 0 Å². The van der Waals surface area contributed by atoms with Gasteiger partial charge in [0.25, 0.3) is 0 Å². The number of nitriles is 2. The molecule has 2 fully saturated rings. The monoisotopic (exact) mass is 700 g/mol. The van der Waals surface area contributed by atoms with Crippen molar-refractivity contribution in [3.05, 3.63) is 94.7 Å². The first kappa shape index (κ1) is 34.7. The van der Waals surface area contributed by atoms with Crippen molar-refractivity contribution in [3.8, 4) is 31.7 Å². The topological polar surface area (TPSA) is 81.7 Å². The van der Waals surface area contributed by atoms with E-state index >= 15 is 0 Å². The predicted octanol–water partition coefficient (Wildman–Crippen LogP) is 6.38. The normalized spacial score (nSPS) is 14.6. The summed E-state index contributed by atoms with van der Waals surface area (Å²) in [5.74, 6) is 1.26. The van der Waals surface area contributed by atoms with Crippen LogP contribution in [-0.4, -0.2) is 21.6 Å². The van der Waals surface area contributed by atoms with Crippen LogP contribution < -0.4 is 29.6 Å². The molecule has 0 aliphatic heterocycles. The van der Waals surface area contributed by atoms with E-state index < -0.39 is 0 Å². The van der Waals surface area contributed by atoms with Crippen molar-refractivity contribution in [2.75, 3.05) is 0 Å². The first-order valence-electron chi connectivity index (χ1n) is 13.0. The van der Waals surface area contributed by atoms with E-state index in [0.29, 0.717) is 17.4 Å². The van der Waals surface area contributed by atoms with Gasteiger partial charge in [-0.25, -0.2) is 5.26 Å². The zero-order chi connectivity index (χ0) is 29.2. The molecule has 2 atom stereocenters. The SMILES string of the molecule is N#CSC(C(=O)c1ccc(-c2cccs2)cc1)C1CC1.N#C[S-].O=C(c1ccc(-c2cccs2)cc1)C(Br)C1CC1.[Na+]. The van der Waals surface area contributed by atoms with Gasteiger partial charge in [0, 0.05) is 20.9 Å². The summed E-state index contributed by atoms with van der Waals surface area (Å²) in [7, 11) is 0. The number of halogens is 1. The molecule has 2 aliphatic rings. The maximum atomic E-state index is 12.4. The number of thiophene rings is 2. The summed E-state index contributed by atoms with van der Waals surface area (Å²) in [6.07, 6.45) is 4.49. The van der Waals surface area contributed by atoms with Crippen LogP contribution in [0.5, 0.6) is 0 Å². The molecule has 4 aromatic rings. The van der Waals surface area contributed by atoms with Crippen LogP contribution in [-0.2, 0) is 12.6 Å². The van der Waals surface area contributed by atoms with Crippen LogP contribution in [0.3, 0.4) is 0 Å². The Morgan fingerprint density at radius 1 is 0.786 bits per heavy atom. The smallest absolute Gasteiger partial charge is 0.696 e. The Kier molecular flexibility index (Phi) is 14.4. The molecule has 2 saturated carbocycles. The second kappa shape index (κ2) is 17.5. The molecule has 2 aromatic heterocycles. The number of carbonyl (C=O) groups excluding carboxylic acids is 2. The van der Waals surface area contributed by atoms with Gasteiger partial charge in [-0.1, -0.05) is 82.0 Å². The third kappa shape index (κ3) is 9.87. The Balaban J connectivity index is 0.000000207. The van der Waals surface area contributed by atoms with Gasteiger partial charge < -0.3 is 12.6 Å². The molecule has 2 aliphatic carbocycles. The van der Waals surface area contributed by atoms with E-state index in [9.17, 15) is 9.59 Å². The van der Waals surface area contributed by atoms with E-state index in [2.05, 4.69) is 51.5 Å². The molecule has 0 amide bonds. The van der Waals surface area contributed by atoms with Crippen molar-refractivity contribution in [3.63, 3.8) is 0 Å². The summed E-state index contributed by atoms with van der Waals surface area (Å²) in [6.45, 7) is 0. The minimum absolute atomic E-state index is 0. The zero-order valence-electron chi connectivity index (χ0n) is 22.9.